The summed E-state index contributed by atoms with van der Waals surface area (Å²) in [6, 6.07) is 17.1. The van der Waals surface area contributed by atoms with Gasteiger partial charge < -0.3 is 15.0 Å². The van der Waals surface area contributed by atoms with E-state index in [9.17, 15) is 9.59 Å². The first-order valence-corrected chi connectivity index (χ1v) is 11.2. The Morgan fingerprint density at radius 3 is 2.73 bits per heavy atom. The summed E-state index contributed by atoms with van der Waals surface area (Å²) in [7, 11) is 0. The molecule has 1 N–H and O–H groups in total. The van der Waals surface area contributed by atoms with E-state index < -0.39 is 0 Å². The van der Waals surface area contributed by atoms with Crippen molar-refractivity contribution >= 4 is 17.5 Å². The zero-order chi connectivity index (χ0) is 23.0. The highest BCUT2D eigenvalue weighted by Gasteiger charge is 2.28. The number of nitrogens with zero attached hydrogens (tertiary/aromatic N) is 3. The number of rotatable bonds is 7. The van der Waals surface area contributed by atoms with Gasteiger partial charge in [0.15, 0.2) is 0 Å². The lowest BCUT2D eigenvalue weighted by atomic mass is 9.91. The van der Waals surface area contributed by atoms with Crippen LogP contribution in [-0.2, 0) is 9.59 Å². The average Bonchev–Trinajstić information content (AvgIpc) is 2.84. The molecule has 1 fully saturated rings. The van der Waals surface area contributed by atoms with Gasteiger partial charge in [-0.05, 0) is 37.1 Å². The summed E-state index contributed by atoms with van der Waals surface area (Å²) in [5.74, 6) is 0.844. The Balaban J connectivity index is 1.44. The molecule has 1 atom stereocenters. The topological polar surface area (TPSA) is 84.4 Å². The van der Waals surface area contributed by atoms with Crippen LogP contribution in [0.3, 0.4) is 0 Å². The van der Waals surface area contributed by atoms with Gasteiger partial charge in [0.2, 0.25) is 11.8 Å². The number of piperidine rings is 1. The minimum Gasteiger partial charge on any atom is -0.493 e. The minimum atomic E-state index is -0.121. The van der Waals surface area contributed by atoms with Crippen molar-refractivity contribution in [2.24, 2.45) is 0 Å². The van der Waals surface area contributed by atoms with Crippen molar-refractivity contribution in [2.75, 3.05) is 25.0 Å². The molecule has 1 unspecified atom stereocenters. The lowest BCUT2D eigenvalue weighted by Gasteiger charge is -2.33. The predicted octanol–water partition coefficient (Wildman–Crippen LogP) is 4.28. The Hall–Kier alpha value is -3.74. The molecule has 2 aromatic carbocycles. The summed E-state index contributed by atoms with van der Waals surface area (Å²) in [4.78, 5) is 35.4. The zero-order valence-electron chi connectivity index (χ0n) is 18.7. The van der Waals surface area contributed by atoms with Crippen LogP contribution in [-0.4, -0.2) is 46.4 Å². The van der Waals surface area contributed by atoms with Gasteiger partial charge in [0.05, 0.1) is 24.4 Å². The van der Waals surface area contributed by atoms with E-state index in [4.69, 9.17) is 4.74 Å². The van der Waals surface area contributed by atoms with E-state index in [0.717, 1.165) is 47.8 Å². The molecule has 170 valence electrons. The van der Waals surface area contributed by atoms with Crippen LogP contribution in [0.25, 0.3) is 11.3 Å². The van der Waals surface area contributed by atoms with Crippen molar-refractivity contribution in [3.8, 4) is 17.0 Å². The monoisotopic (exact) mass is 444 g/mol. The molecule has 0 spiro atoms. The third-order valence-electron chi connectivity index (χ3n) is 5.67. The van der Waals surface area contributed by atoms with Gasteiger partial charge in [0, 0.05) is 49.6 Å². The van der Waals surface area contributed by atoms with Crippen LogP contribution in [0, 0.1) is 0 Å². The average molecular weight is 445 g/mol. The van der Waals surface area contributed by atoms with E-state index in [1.165, 1.54) is 6.92 Å². The second-order valence-electron chi connectivity index (χ2n) is 8.14. The first kappa shape index (κ1) is 22.5. The largest absolute Gasteiger partial charge is 0.493 e. The number of carbonyl (C=O) groups excluding carboxylic acids is 2. The fourth-order valence-electron chi connectivity index (χ4n) is 4.18. The Morgan fingerprint density at radius 2 is 1.91 bits per heavy atom. The van der Waals surface area contributed by atoms with E-state index in [1.807, 2.05) is 59.5 Å². The van der Waals surface area contributed by atoms with Crippen LogP contribution in [0.1, 0.15) is 37.8 Å². The van der Waals surface area contributed by atoms with Gasteiger partial charge in [-0.3, -0.25) is 19.6 Å². The number of benzene rings is 2. The van der Waals surface area contributed by atoms with Crippen LogP contribution in [0.15, 0.2) is 67.0 Å². The smallest absolute Gasteiger partial charge is 0.226 e. The summed E-state index contributed by atoms with van der Waals surface area (Å²) in [6.07, 6.45) is 5.58. The minimum absolute atomic E-state index is 0.0914. The van der Waals surface area contributed by atoms with Crippen molar-refractivity contribution in [1.82, 2.24) is 14.9 Å². The van der Waals surface area contributed by atoms with Crippen molar-refractivity contribution in [3.63, 3.8) is 0 Å². The van der Waals surface area contributed by atoms with Gasteiger partial charge in [-0.25, -0.2) is 0 Å². The molecular weight excluding hydrogens is 416 g/mol. The Bertz CT molecular complexity index is 1100. The molecule has 1 saturated heterocycles. The van der Waals surface area contributed by atoms with Crippen LogP contribution >= 0.6 is 0 Å². The number of carbonyl (C=O) groups is 2. The second kappa shape index (κ2) is 10.7. The van der Waals surface area contributed by atoms with Crippen molar-refractivity contribution in [1.29, 1.82) is 0 Å². The number of aromatic nitrogens is 2. The van der Waals surface area contributed by atoms with Gasteiger partial charge in [-0.1, -0.05) is 30.3 Å². The molecular formula is C26H28N4O3. The lowest BCUT2D eigenvalue weighted by Crippen LogP contribution is -2.40. The Kier molecular flexibility index (Phi) is 7.29. The summed E-state index contributed by atoms with van der Waals surface area (Å²) < 4.78 is 5.69. The second-order valence-corrected chi connectivity index (χ2v) is 8.14. The molecule has 1 aliphatic heterocycles. The van der Waals surface area contributed by atoms with E-state index in [-0.39, 0.29) is 17.7 Å². The number of anilines is 1. The number of hydrogen-bond donors (Lipinski definition) is 1. The summed E-state index contributed by atoms with van der Waals surface area (Å²) in [6.45, 7) is 3.20. The molecule has 3 aromatic rings. The normalized spacial score (nSPS) is 15.7. The number of nitrogens with one attached hydrogen (secondary N) is 1. The maximum atomic E-state index is 12.8. The van der Waals surface area contributed by atoms with Crippen LogP contribution < -0.4 is 10.1 Å². The van der Waals surface area contributed by atoms with Crippen LogP contribution in [0.5, 0.6) is 5.75 Å². The predicted molar refractivity (Wildman–Crippen MR) is 127 cm³/mol. The number of ether oxygens (including phenoxy) is 1. The standard InChI is InChI=1S/C26H28N4O3/c1-19(31)29-22-9-5-7-20(17-22)25-26(28-14-13-27-25)21-8-6-15-30(18-21)24(32)12-16-33-23-10-3-2-4-11-23/h2-5,7,9-11,13-14,17,21H,6,8,12,15-16,18H2,1H3,(H,29,31). The highest BCUT2D eigenvalue weighted by molar-refractivity contribution is 5.89. The first-order valence-electron chi connectivity index (χ1n) is 11.2. The number of para-hydroxylation sites is 1. The molecule has 0 aliphatic carbocycles. The van der Waals surface area contributed by atoms with E-state index in [2.05, 4.69) is 15.3 Å². The van der Waals surface area contributed by atoms with E-state index in [0.29, 0.717) is 19.6 Å². The van der Waals surface area contributed by atoms with E-state index in [1.54, 1.807) is 12.4 Å². The van der Waals surface area contributed by atoms with Gasteiger partial charge >= 0.3 is 0 Å². The zero-order valence-corrected chi connectivity index (χ0v) is 18.7. The highest BCUT2D eigenvalue weighted by atomic mass is 16.5. The summed E-state index contributed by atoms with van der Waals surface area (Å²) in [5.41, 5.74) is 3.28. The third-order valence-corrected chi connectivity index (χ3v) is 5.67. The number of amides is 2. The SMILES string of the molecule is CC(=O)Nc1cccc(-c2nccnc2C2CCCN(C(=O)CCOc3ccccc3)C2)c1. The summed E-state index contributed by atoms with van der Waals surface area (Å²) in [5, 5.41) is 2.82. The lowest BCUT2D eigenvalue weighted by molar-refractivity contribution is -0.133. The molecule has 0 radical (unpaired) electrons. The first-order chi connectivity index (χ1) is 16.1. The number of hydrogen-bond acceptors (Lipinski definition) is 5. The van der Waals surface area contributed by atoms with Gasteiger partial charge in [-0.15, -0.1) is 0 Å². The maximum absolute atomic E-state index is 12.8. The maximum Gasteiger partial charge on any atom is 0.226 e. The molecule has 2 amide bonds. The molecule has 7 heteroatoms. The number of likely N-dealkylation sites (tertiary alicyclic amines) is 1. The molecule has 2 heterocycles. The fraction of sp³-hybridized carbons (Fsp3) is 0.308. The molecule has 1 aromatic heterocycles. The molecule has 7 nitrogen and oxygen atoms in total. The van der Waals surface area contributed by atoms with Crippen molar-refractivity contribution in [3.05, 3.63) is 72.7 Å². The van der Waals surface area contributed by atoms with Crippen LogP contribution in [0.4, 0.5) is 5.69 Å². The molecule has 1 aliphatic rings. The van der Waals surface area contributed by atoms with Crippen LogP contribution in [0.2, 0.25) is 0 Å². The van der Waals surface area contributed by atoms with Gasteiger partial charge in [-0.2, -0.15) is 0 Å². The summed E-state index contributed by atoms with van der Waals surface area (Å²) >= 11 is 0. The quantitative estimate of drug-likeness (QED) is 0.588. The third kappa shape index (κ3) is 5.94. The molecule has 0 bridgehead atoms. The Labute approximate surface area is 193 Å². The highest BCUT2D eigenvalue weighted by Crippen LogP contribution is 2.32. The Morgan fingerprint density at radius 1 is 1.09 bits per heavy atom. The van der Waals surface area contributed by atoms with Gasteiger partial charge in [0.1, 0.15) is 5.75 Å². The van der Waals surface area contributed by atoms with E-state index >= 15 is 0 Å². The van der Waals surface area contributed by atoms with Crippen molar-refractivity contribution in [2.45, 2.75) is 32.1 Å². The molecule has 0 saturated carbocycles. The van der Waals surface area contributed by atoms with Gasteiger partial charge in [0.25, 0.3) is 0 Å². The molecule has 4 rings (SSSR count). The molecule has 33 heavy (non-hydrogen) atoms. The fourth-order valence-corrected chi connectivity index (χ4v) is 4.18. The van der Waals surface area contributed by atoms with Crippen molar-refractivity contribution < 1.29 is 14.3 Å².